The third-order valence-electron chi connectivity index (χ3n) is 2.11. The summed E-state index contributed by atoms with van der Waals surface area (Å²) < 4.78 is 75.6. The molecule has 1 N–H and O–H groups in total. The zero-order valence-corrected chi connectivity index (χ0v) is 8.51. The van der Waals surface area contributed by atoms with E-state index in [9.17, 15) is 31.1 Å². The van der Waals surface area contributed by atoms with Gasteiger partial charge in [-0.3, -0.25) is 0 Å². The average molecular weight is 272 g/mol. The molecular formula is C10H6F6O2. The molecule has 0 aliphatic rings. The van der Waals surface area contributed by atoms with E-state index in [0.717, 1.165) is 6.07 Å². The lowest BCUT2D eigenvalue weighted by molar-refractivity contribution is -0.175. The third-order valence-corrected chi connectivity index (χ3v) is 2.11. The van der Waals surface area contributed by atoms with Crippen molar-refractivity contribution >= 4 is 5.97 Å². The standard InChI is InChI=1S/C10H6F6O2/c11-7(9(12,13)8(17)18)5-2-1-3-6(4-5)10(14,15)16/h1-4,7H,(H,17,18). The van der Waals surface area contributed by atoms with Crippen LogP contribution >= 0.6 is 0 Å². The van der Waals surface area contributed by atoms with Gasteiger partial charge < -0.3 is 5.11 Å². The number of hydrogen-bond acceptors (Lipinski definition) is 1. The lowest BCUT2D eigenvalue weighted by Crippen LogP contribution is -2.33. The molecule has 0 saturated carbocycles. The summed E-state index contributed by atoms with van der Waals surface area (Å²) in [4.78, 5) is 10.1. The van der Waals surface area contributed by atoms with Crippen molar-refractivity contribution in [3.05, 3.63) is 35.4 Å². The Kier molecular flexibility index (Phi) is 3.59. The highest BCUT2D eigenvalue weighted by atomic mass is 19.4. The minimum Gasteiger partial charge on any atom is -0.477 e. The molecule has 0 aromatic heterocycles. The number of carboxylic acids is 1. The van der Waals surface area contributed by atoms with Crippen LogP contribution < -0.4 is 0 Å². The molecular weight excluding hydrogens is 266 g/mol. The first-order chi connectivity index (χ1) is 8.06. The van der Waals surface area contributed by atoms with E-state index in [4.69, 9.17) is 5.11 Å². The molecule has 0 saturated heterocycles. The van der Waals surface area contributed by atoms with E-state index >= 15 is 0 Å². The van der Waals surface area contributed by atoms with Crippen LogP contribution in [0.25, 0.3) is 0 Å². The fraction of sp³-hybridized carbons (Fsp3) is 0.300. The van der Waals surface area contributed by atoms with Gasteiger partial charge in [-0.25, -0.2) is 9.18 Å². The molecule has 0 aliphatic carbocycles. The maximum Gasteiger partial charge on any atom is 0.416 e. The van der Waals surface area contributed by atoms with Crippen LogP contribution in [0, 0.1) is 0 Å². The second kappa shape index (κ2) is 4.51. The molecule has 100 valence electrons. The van der Waals surface area contributed by atoms with Crippen LogP contribution in [0.1, 0.15) is 17.3 Å². The van der Waals surface area contributed by atoms with Gasteiger partial charge in [0.25, 0.3) is 0 Å². The van der Waals surface area contributed by atoms with Crippen LogP contribution in [-0.4, -0.2) is 17.0 Å². The van der Waals surface area contributed by atoms with Crippen LogP contribution in [0.2, 0.25) is 0 Å². The highest BCUT2D eigenvalue weighted by Crippen LogP contribution is 2.37. The number of rotatable bonds is 3. The molecule has 18 heavy (non-hydrogen) atoms. The molecule has 1 atom stereocenters. The molecule has 0 aliphatic heterocycles. The molecule has 2 nitrogen and oxygen atoms in total. The number of carboxylic acid groups (broad SMARTS) is 1. The van der Waals surface area contributed by atoms with Crippen molar-refractivity contribution in [2.45, 2.75) is 18.3 Å². The average Bonchev–Trinajstić information content (AvgIpc) is 2.26. The van der Waals surface area contributed by atoms with Gasteiger partial charge >= 0.3 is 18.1 Å². The van der Waals surface area contributed by atoms with E-state index in [0.29, 0.717) is 12.1 Å². The maximum absolute atomic E-state index is 13.2. The minimum absolute atomic E-state index is 0.154. The summed E-state index contributed by atoms with van der Waals surface area (Å²) in [6.45, 7) is 0. The molecule has 0 fully saturated rings. The van der Waals surface area contributed by atoms with Crippen molar-refractivity contribution in [3.8, 4) is 0 Å². The van der Waals surface area contributed by atoms with Crippen molar-refractivity contribution in [2.75, 3.05) is 0 Å². The first-order valence-corrected chi connectivity index (χ1v) is 4.49. The number of alkyl halides is 6. The Labute approximate surface area is 96.8 Å². The van der Waals surface area contributed by atoms with E-state index in [1.807, 2.05) is 0 Å². The Balaban J connectivity index is 3.16. The van der Waals surface area contributed by atoms with Crippen LogP contribution in [-0.2, 0) is 11.0 Å². The number of halogens is 6. The monoisotopic (exact) mass is 272 g/mol. The summed E-state index contributed by atoms with van der Waals surface area (Å²) in [6.07, 6.45) is -8.17. The Hall–Kier alpha value is -1.73. The summed E-state index contributed by atoms with van der Waals surface area (Å²) in [5.41, 5.74) is -2.37. The van der Waals surface area contributed by atoms with E-state index < -0.39 is 35.4 Å². The minimum atomic E-state index is -4.83. The van der Waals surface area contributed by atoms with Crippen molar-refractivity contribution < 1.29 is 36.2 Å². The molecule has 1 rings (SSSR count). The lowest BCUT2D eigenvalue weighted by Gasteiger charge is -2.17. The van der Waals surface area contributed by atoms with Gasteiger partial charge in [0.15, 0.2) is 6.17 Å². The first kappa shape index (κ1) is 14.3. The van der Waals surface area contributed by atoms with Gasteiger partial charge in [-0.2, -0.15) is 22.0 Å². The molecule has 1 unspecified atom stereocenters. The van der Waals surface area contributed by atoms with Gasteiger partial charge in [0, 0.05) is 0 Å². The number of benzene rings is 1. The summed E-state index contributed by atoms with van der Waals surface area (Å²) in [5.74, 6) is -7.53. The molecule has 1 aromatic carbocycles. The summed E-state index contributed by atoms with van der Waals surface area (Å²) >= 11 is 0. The third kappa shape index (κ3) is 2.74. The highest BCUT2D eigenvalue weighted by Gasteiger charge is 2.49. The normalized spacial score (nSPS) is 14.3. The lowest BCUT2D eigenvalue weighted by atomic mass is 10.0. The SMILES string of the molecule is O=C(O)C(F)(F)C(F)c1cccc(C(F)(F)F)c1. The first-order valence-electron chi connectivity index (χ1n) is 4.49. The topological polar surface area (TPSA) is 37.3 Å². The largest absolute Gasteiger partial charge is 0.477 e. The quantitative estimate of drug-likeness (QED) is 0.856. The zero-order valence-electron chi connectivity index (χ0n) is 8.51. The molecule has 0 amide bonds. The maximum atomic E-state index is 13.2. The van der Waals surface area contributed by atoms with Crippen molar-refractivity contribution in [3.63, 3.8) is 0 Å². The van der Waals surface area contributed by atoms with E-state index in [-0.39, 0.29) is 6.07 Å². The Morgan fingerprint density at radius 2 is 1.72 bits per heavy atom. The Bertz CT molecular complexity index is 454. The fourth-order valence-electron chi connectivity index (χ4n) is 1.19. The fourth-order valence-corrected chi connectivity index (χ4v) is 1.19. The van der Waals surface area contributed by atoms with Crippen LogP contribution in [0.4, 0.5) is 26.3 Å². The van der Waals surface area contributed by atoms with E-state index in [1.165, 1.54) is 0 Å². The Morgan fingerprint density at radius 3 is 2.17 bits per heavy atom. The van der Waals surface area contributed by atoms with Gasteiger partial charge in [-0.05, 0) is 17.7 Å². The van der Waals surface area contributed by atoms with Crippen LogP contribution in [0.3, 0.4) is 0 Å². The van der Waals surface area contributed by atoms with Gasteiger partial charge in [0.05, 0.1) is 5.56 Å². The Morgan fingerprint density at radius 1 is 1.17 bits per heavy atom. The molecule has 0 spiro atoms. The van der Waals surface area contributed by atoms with Crippen LogP contribution in [0.5, 0.6) is 0 Å². The van der Waals surface area contributed by atoms with Gasteiger partial charge in [0.2, 0.25) is 0 Å². The summed E-state index contributed by atoms with van der Waals surface area (Å²) in [5, 5.41) is 8.09. The van der Waals surface area contributed by atoms with Crippen molar-refractivity contribution in [2.24, 2.45) is 0 Å². The molecule has 1 aromatic rings. The van der Waals surface area contributed by atoms with Gasteiger partial charge in [0.1, 0.15) is 0 Å². The summed E-state index contributed by atoms with van der Waals surface area (Å²) in [6, 6.07) is 2.11. The number of hydrogen-bond donors (Lipinski definition) is 1. The highest BCUT2D eigenvalue weighted by molar-refractivity contribution is 5.76. The van der Waals surface area contributed by atoms with Crippen LogP contribution in [0.15, 0.2) is 24.3 Å². The van der Waals surface area contributed by atoms with Crippen molar-refractivity contribution in [1.82, 2.24) is 0 Å². The molecule has 0 heterocycles. The van der Waals surface area contributed by atoms with Crippen molar-refractivity contribution in [1.29, 1.82) is 0 Å². The predicted molar refractivity (Wildman–Crippen MR) is 47.9 cm³/mol. The number of aliphatic carboxylic acids is 1. The second-order valence-corrected chi connectivity index (χ2v) is 3.41. The predicted octanol–water partition coefficient (Wildman–Crippen LogP) is 3.44. The zero-order chi connectivity index (χ0) is 14.1. The van der Waals surface area contributed by atoms with E-state index in [1.54, 1.807) is 0 Å². The second-order valence-electron chi connectivity index (χ2n) is 3.41. The number of carbonyl (C=O) groups is 1. The molecule has 0 radical (unpaired) electrons. The smallest absolute Gasteiger partial charge is 0.416 e. The van der Waals surface area contributed by atoms with E-state index in [2.05, 4.69) is 0 Å². The summed E-state index contributed by atoms with van der Waals surface area (Å²) in [7, 11) is 0. The molecule has 0 bridgehead atoms. The molecule has 8 heteroatoms. The van der Waals surface area contributed by atoms with Gasteiger partial charge in [-0.1, -0.05) is 12.1 Å². The van der Waals surface area contributed by atoms with Gasteiger partial charge in [-0.15, -0.1) is 0 Å².